The summed E-state index contributed by atoms with van der Waals surface area (Å²) in [6, 6.07) is -0.558. The molecule has 1 aromatic heterocycles. The van der Waals surface area contributed by atoms with Gasteiger partial charge in [-0.3, -0.25) is 4.79 Å². The Morgan fingerprint density at radius 3 is 2.94 bits per heavy atom. The minimum Gasteiger partial charge on any atom is -0.459 e. The highest BCUT2D eigenvalue weighted by molar-refractivity contribution is 8.13. The van der Waals surface area contributed by atoms with Gasteiger partial charge in [0.2, 0.25) is 0 Å². The zero-order valence-corrected chi connectivity index (χ0v) is 21.2. The highest BCUT2D eigenvalue weighted by atomic mass is 32.2. The van der Waals surface area contributed by atoms with Crippen molar-refractivity contribution in [1.82, 2.24) is 14.9 Å². The van der Waals surface area contributed by atoms with Gasteiger partial charge in [0.25, 0.3) is 5.24 Å². The topological polar surface area (TPSA) is 105 Å². The molecule has 35 heavy (non-hydrogen) atoms. The molecule has 0 radical (unpaired) electrons. The van der Waals surface area contributed by atoms with Crippen LogP contribution in [-0.4, -0.2) is 61.0 Å². The van der Waals surface area contributed by atoms with E-state index in [4.69, 9.17) is 9.47 Å². The van der Waals surface area contributed by atoms with Crippen LogP contribution >= 0.6 is 11.8 Å². The van der Waals surface area contributed by atoms with Crippen LogP contribution in [-0.2, 0) is 20.8 Å². The number of imidazole rings is 1. The van der Waals surface area contributed by atoms with Crippen molar-refractivity contribution in [3.05, 3.63) is 54.2 Å². The molecule has 4 rings (SSSR count). The molecule has 9 heteroatoms. The minimum absolute atomic E-state index is 0.114. The number of thioether (sulfide) groups is 1. The number of nitrogens with zero attached hydrogens (tertiary/aromatic N) is 2. The summed E-state index contributed by atoms with van der Waals surface area (Å²) in [6.07, 6.45) is 16.3. The van der Waals surface area contributed by atoms with Crippen molar-refractivity contribution < 1.29 is 24.2 Å². The van der Waals surface area contributed by atoms with Crippen LogP contribution in [0.5, 0.6) is 0 Å². The quantitative estimate of drug-likeness (QED) is 0.588. The SMILES string of the molecule is C/C1=C/C(=O)O[C@@H]2C[C@@H](CC[C@H](C)/C=C\C=C\CC1)O[C@@](O)([C@@H]1CSC(=O)N1Cc1cnc[nH]1)C2. The maximum atomic E-state index is 12.7. The van der Waals surface area contributed by atoms with E-state index in [-0.39, 0.29) is 17.8 Å². The van der Waals surface area contributed by atoms with Gasteiger partial charge in [0.1, 0.15) is 6.10 Å². The molecule has 2 N–H and O–H groups in total. The average Bonchev–Trinajstić information content (AvgIpc) is 3.44. The lowest BCUT2D eigenvalue weighted by molar-refractivity contribution is -0.293. The standard InChI is InChI=1S/C26H35N3O5S/c1-18-7-5-3-4-6-8-19(2)11-24(30)33-22-12-21(10-9-18)34-26(32,13-22)23-16-35-25(31)29(23)15-20-14-27-17-28-20/h3-5,7,11,14,17-18,21-23,32H,6,8-10,12-13,15-16H2,1-2H3,(H,27,28)/b4-3+,7-5-,19-11-/t18-,21-,22-,23+,26-/m1/s1. The highest BCUT2D eigenvalue weighted by Crippen LogP contribution is 2.41. The predicted octanol–water partition coefficient (Wildman–Crippen LogP) is 4.50. The van der Waals surface area contributed by atoms with Crippen LogP contribution in [0.2, 0.25) is 0 Å². The maximum absolute atomic E-state index is 12.7. The zero-order valence-electron chi connectivity index (χ0n) is 20.4. The molecule has 0 spiro atoms. The molecule has 0 aliphatic carbocycles. The van der Waals surface area contributed by atoms with Crippen molar-refractivity contribution in [3.8, 4) is 0 Å². The van der Waals surface area contributed by atoms with Crippen molar-refractivity contribution >= 4 is 23.0 Å². The molecule has 1 aromatic rings. The van der Waals surface area contributed by atoms with Crippen molar-refractivity contribution in [2.24, 2.45) is 5.92 Å². The number of fused-ring (bicyclic) bond motifs is 2. The molecule has 190 valence electrons. The molecule has 1 amide bonds. The molecule has 4 heterocycles. The smallest absolute Gasteiger partial charge is 0.330 e. The number of nitrogens with one attached hydrogen (secondary N) is 1. The fraction of sp³-hybridized carbons (Fsp3) is 0.577. The number of hydrogen-bond acceptors (Lipinski definition) is 7. The summed E-state index contributed by atoms with van der Waals surface area (Å²) < 4.78 is 12.1. The number of allylic oxidation sites excluding steroid dienone is 5. The fourth-order valence-electron chi connectivity index (χ4n) is 4.88. The van der Waals surface area contributed by atoms with Crippen LogP contribution < -0.4 is 0 Å². The number of aromatic amines is 1. The third-order valence-electron chi connectivity index (χ3n) is 6.79. The lowest BCUT2D eigenvalue weighted by Gasteiger charge is -2.46. The van der Waals surface area contributed by atoms with E-state index in [0.29, 0.717) is 24.6 Å². The van der Waals surface area contributed by atoms with Gasteiger partial charge in [-0.1, -0.05) is 48.6 Å². The van der Waals surface area contributed by atoms with E-state index in [1.165, 1.54) is 11.8 Å². The Balaban J connectivity index is 1.56. The molecule has 3 aliphatic rings. The summed E-state index contributed by atoms with van der Waals surface area (Å²) in [5.41, 5.74) is 1.73. The Bertz CT molecular complexity index is 976. The van der Waals surface area contributed by atoms with Crippen molar-refractivity contribution in [1.29, 1.82) is 0 Å². The minimum atomic E-state index is -1.61. The summed E-state index contributed by atoms with van der Waals surface area (Å²) in [4.78, 5) is 34.0. The normalized spacial score (nSPS) is 36.3. The van der Waals surface area contributed by atoms with Gasteiger partial charge in [0.05, 0.1) is 30.7 Å². The van der Waals surface area contributed by atoms with E-state index in [2.05, 4.69) is 35.1 Å². The number of H-pyrrole nitrogens is 1. The van der Waals surface area contributed by atoms with Gasteiger partial charge in [0.15, 0.2) is 5.79 Å². The van der Waals surface area contributed by atoms with E-state index >= 15 is 0 Å². The Hall–Kier alpha value is -2.36. The molecular formula is C26H35N3O5S. The largest absolute Gasteiger partial charge is 0.459 e. The first-order valence-electron chi connectivity index (χ1n) is 12.3. The number of aliphatic hydroxyl groups is 1. The van der Waals surface area contributed by atoms with Crippen molar-refractivity contribution in [2.75, 3.05) is 5.75 Å². The van der Waals surface area contributed by atoms with Gasteiger partial charge in [0, 0.05) is 30.9 Å². The van der Waals surface area contributed by atoms with Crippen LogP contribution in [0.4, 0.5) is 4.79 Å². The molecule has 0 unspecified atom stereocenters. The molecule has 2 saturated heterocycles. The Kier molecular flexibility index (Phi) is 8.51. The number of amides is 1. The summed E-state index contributed by atoms with van der Waals surface area (Å²) in [5.74, 6) is -1.26. The van der Waals surface area contributed by atoms with Crippen LogP contribution in [0, 0.1) is 5.92 Å². The summed E-state index contributed by atoms with van der Waals surface area (Å²) in [5, 5.41) is 11.7. The van der Waals surface area contributed by atoms with E-state index in [9.17, 15) is 14.7 Å². The van der Waals surface area contributed by atoms with Gasteiger partial charge in [-0.15, -0.1) is 0 Å². The van der Waals surface area contributed by atoms with Gasteiger partial charge in [-0.05, 0) is 38.5 Å². The van der Waals surface area contributed by atoms with Crippen LogP contribution in [0.25, 0.3) is 0 Å². The molecule has 2 fully saturated rings. The first-order valence-corrected chi connectivity index (χ1v) is 13.3. The predicted molar refractivity (Wildman–Crippen MR) is 134 cm³/mol. The molecular weight excluding hydrogens is 466 g/mol. The van der Waals surface area contributed by atoms with Crippen molar-refractivity contribution in [3.63, 3.8) is 0 Å². The van der Waals surface area contributed by atoms with Gasteiger partial charge in [-0.25, -0.2) is 9.78 Å². The molecule has 0 saturated carbocycles. The lowest BCUT2D eigenvalue weighted by Crippen LogP contribution is -2.59. The van der Waals surface area contributed by atoms with Gasteiger partial charge in [-0.2, -0.15) is 0 Å². The Labute approximate surface area is 210 Å². The number of carbonyl (C=O) groups excluding carboxylic acids is 2. The van der Waals surface area contributed by atoms with Crippen LogP contribution in [0.1, 0.15) is 58.1 Å². The maximum Gasteiger partial charge on any atom is 0.330 e. The van der Waals surface area contributed by atoms with Gasteiger partial charge < -0.3 is 24.5 Å². The second-order valence-corrected chi connectivity index (χ2v) is 10.7. The van der Waals surface area contributed by atoms with E-state index in [0.717, 1.165) is 37.0 Å². The molecule has 5 atom stereocenters. The van der Waals surface area contributed by atoms with Gasteiger partial charge >= 0.3 is 5.97 Å². The molecule has 2 bridgehead atoms. The second kappa shape index (κ2) is 11.6. The van der Waals surface area contributed by atoms with Crippen LogP contribution in [0.3, 0.4) is 0 Å². The number of carbonyl (C=O) groups is 2. The third-order valence-corrected chi connectivity index (χ3v) is 7.76. The monoisotopic (exact) mass is 501 g/mol. The molecule has 3 aliphatic heterocycles. The zero-order chi connectivity index (χ0) is 24.8. The lowest BCUT2D eigenvalue weighted by atomic mass is 9.90. The number of hydrogen-bond donors (Lipinski definition) is 2. The average molecular weight is 502 g/mol. The molecule has 0 aromatic carbocycles. The van der Waals surface area contributed by atoms with E-state index in [1.807, 2.05) is 13.0 Å². The highest BCUT2D eigenvalue weighted by Gasteiger charge is 2.52. The first kappa shape index (κ1) is 25.7. The summed E-state index contributed by atoms with van der Waals surface area (Å²) in [7, 11) is 0. The van der Waals surface area contributed by atoms with E-state index in [1.54, 1.807) is 23.5 Å². The Morgan fingerprint density at radius 2 is 2.14 bits per heavy atom. The number of rotatable bonds is 3. The molecule has 8 nitrogen and oxygen atoms in total. The fourth-order valence-corrected chi connectivity index (χ4v) is 5.98. The summed E-state index contributed by atoms with van der Waals surface area (Å²) in [6.45, 7) is 4.38. The van der Waals surface area contributed by atoms with Crippen molar-refractivity contribution in [2.45, 2.75) is 83.0 Å². The third kappa shape index (κ3) is 6.86. The van der Waals surface area contributed by atoms with E-state index < -0.39 is 23.9 Å². The first-order chi connectivity index (χ1) is 16.8. The number of esters is 1. The van der Waals surface area contributed by atoms with Crippen LogP contribution in [0.15, 0.2) is 48.5 Å². The second-order valence-electron chi connectivity index (χ2n) is 9.78. The number of aromatic nitrogens is 2. The number of ether oxygens (including phenoxy) is 2. The summed E-state index contributed by atoms with van der Waals surface area (Å²) >= 11 is 1.17. The Morgan fingerprint density at radius 1 is 1.29 bits per heavy atom.